The highest BCUT2D eigenvalue weighted by molar-refractivity contribution is 6.32. The highest BCUT2D eigenvalue weighted by atomic mass is 35.5. The summed E-state index contributed by atoms with van der Waals surface area (Å²) in [6, 6.07) is 0. The third-order valence-corrected chi connectivity index (χ3v) is 2.44. The van der Waals surface area contributed by atoms with E-state index in [-0.39, 0.29) is 17.4 Å². The number of aliphatic hydroxyl groups is 1. The number of hydrogen-bond acceptors (Lipinski definition) is 5. The molecule has 0 spiro atoms. The van der Waals surface area contributed by atoms with Crippen molar-refractivity contribution in [2.45, 2.75) is 12.5 Å². The maximum Gasteiger partial charge on any atom is 0.271 e. The van der Waals surface area contributed by atoms with Crippen LogP contribution in [0.4, 0.5) is 5.82 Å². The lowest BCUT2D eigenvalue weighted by atomic mass is 10.1. The topological polar surface area (TPSA) is 81.2 Å². The Morgan fingerprint density at radius 3 is 2.88 bits per heavy atom. The van der Waals surface area contributed by atoms with E-state index >= 15 is 0 Å². The summed E-state index contributed by atoms with van der Waals surface area (Å²) in [7, 11) is 3.74. The molecule has 17 heavy (non-hydrogen) atoms. The maximum absolute atomic E-state index is 11.2. The summed E-state index contributed by atoms with van der Waals surface area (Å²) in [5, 5.41) is 12.9. The molecule has 0 bridgehead atoms. The molecule has 0 amide bonds. The molecule has 0 fully saturated rings. The van der Waals surface area contributed by atoms with Crippen molar-refractivity contribution < 1.29 is 5.11 Å². The van der Waals surface area contributed by atoms with Crippen LogP contribution in [0.2, 0.25) is 5.02 Å². The number of aromatic nitrogens is 2. The Kier molecular flexibility index (Phi) is 4.50. The van der Waals surface area contributed by atoms with Crippen molar-refractivity contribution in [2.24, 2.45) is 0 Å². The molecular formula is C10H17ClN4O2. The smallest absolute Gasteiger partial charge is 0.271 e. The van der Waals surface area contributed by atoms with Crippen molar-refractivity contribution in [3.8, 4) is 0 Å². The van der Waals surface area contributed by atoms with Crippen molar-refractivity contribution in [1.29, 1.82) is 0 Å². The summed E-state index contributed by atoms with van der Waals surface area (Å²) < 4.78 is 0. The molecule has 6 nitrogen and oxygen atoms in total. The molecule has 1 heterocycles. The van der Waals surface area contributed by atoms with E-state index in [9.17, 15) is 9.90 Å². The van der Waals surface area contributed by atoms with Crippen LogP contribution in [0.25, 0.3) is 0 Å². The first-order valence-electron chi connectivity index (χ1n) is 5.16. The summed E-state index contributed by atoms with van der Waals surface area (Å²) in [6.45, 7) is 2.43. The third kappa shape index (κ3) is 4.33. The SMILES string of the molecule is CN(C)CC(C)(O)CNc1nc[nH]c(=O)c1Cl. The van der Waals surface area contributed by atoms with Crippen molar-refractivity contribution >= 4 is 17.4 Å². The van der Waals surface area contributed by atoms with E-state index in [2.05, 4.69) is 15.3 Å². The van der Waals surface area contributed by atoms with E-state index in [1.165, 1.54) is 6.33 Å². The Morgan fingerprint density at radius 1 is 1.65 bits per heavy atom. The Balaban J connectivity index is 2.67. The zero-order valence-corrected chi connectivity index (χ0v) is 10.9. The standard InChI is InChI=1S/C10H17ClN4O2/c1-10(17,5-15(2)3)4-12-8-7(11)9(16)14-6-13-8/h6,17H,4-5H2,1-3H3,(H2,12,13,14,16). The molecule has 96 valence electrons. The highest BCUT2D eigenvalue weighted by Crippen LogP contribution is 2.14. The predicted molar refractivity (Wildman–Crippen MR) is 67.5 cm³/mol. The summed E-state index contributed by atoms with van der Waals surface area (Å²) >= 11 is 5.77. The quantitative estimate of drug-likeness (QED) is 0.702. The molecule has 1 rings (SSSR count). The van der Waals surface area contributed by atoms with Gasteiger partial charge in [-0.2, -0.15) is 0 Å². The van der Waals surface area contributed by atoms with Crippen molar-refractivity contribution in [3.63, 3.8) is 0 Å². The molecule has 0 saturated carbocycles. The number of halogens is 1. The Hall–Kier alpha value is -1.11. The number of likely N-dealkylation sites (N-methyl/N-ethyl adjacent to an activating group) is 1. The van der Waals surface area contributed by atoms with Gasteiger partial charge in [-0.1, -0.05) is 11.6 Å². The Morgan fingerprint density at radius 2 is 2.29 bits per heavy atom. The number of anilines is 1. The molecule has 0 aliphatic rings. The van der Waals surface area contributed by atoms with Crippen LogP contribution in [0, 0.1) is 0 Å². The van der Waals surface area contributed by atoms with Gasteiger partial charge in [-0.3, -0.25) is 4.79 Å². The minimum absolute atomic E-state index is 0.00634. The van der Waals surface area contributed by atoms with E-state index in [0.29, 0.717) is 6.54 Å². The zero-order valence-electron chi connectivity index (χ0n) is 10.1. The molecule has 0 radical (unpaired) electrons. The van der Waals surface area contributed by atoms with Crippen molar-refractivity contribution in [1.82, 2.24) is 14.9 Å². The summed E-state index contributed by atoms with van der Waals surface area (Å²) in [5.41, 5.74) is -1.34. The van der Waals surface area contributed by atoms with Gasteiger partial charge in [-0.25, -0.2) is 4.98 Å². The lowest BCUT2D eigenvalue weighted by Gasteiger charge is -2.27. The molecular weight excluding hydrogens is 244 g/mol. The molecule has 1 unspecified atom stereocenters. The molecule has 7 heteroatoms. The predicted octanol–water partition coefficient (Wildman–Crippen LogP) is 0.148. The molecule has 3 N–H and O–H groups in total. The molecule has 0 aliphatic carbocycles. The second-order valence-electron chi connectivity index (χ2n) is 4.48. The van der Waals surface area contributed by atoms with Crippen LogP contribution in [0.5, 0.6) is 0 Å². The van der Waals surface area contributed by atoms with Crippen LogP contribution < -0.4 is 10.9 Å². The van der Waals surface area contributed by atoms with Gasteiger partial charge in [0.25, 0.3) is 5.56 Å². The normalized spacial score (nSPS) is 14.7. The minimum Gasteiger partial charge on any atom is -0.387 e. The van der Waals surface area contributed by atoms with Crippen LogP contribution in [0.3, 0.4) is 0 Å². The first-order chi connectivity index (χ1) is 7.82. The number of hydrogen-bond donors (Lipinski definition) is 3. The monoisotopic (exact) mass is 260 g/mol. The zero-order chi connectivity index (χ0) is 13.1. The van der Waals surface area contributed by atoms with E-state index in [0.717, 1.165) is 0 Å². The van der Waals surface area contributed by atoms with E-state index in [1.807, 2.05) is 19.0 Å². The average Bonchev–Trinajstić information content (AvgIpc) is 2.18. The number of rotatable bonds is 5. The Bertz CT molecular complexity index is 431. The van der Waals surface area contributed by atoms with Gasteiger partial charge < -0.3 is 20.3 Å². The fraction of sp³-hybridized carbons (Fsp3) is 0.600. The molecule has 1 atom stereocenters. The summed E-state index contributed by atoms with van der Waals surface area (Å²) in [5.74, 6) is 0.273. The number of nitrogens with one attached hydrogen (secondary N) is 2. The molecule has 0 aromatic carbocycles. The van der Waals surface area contributed by atoms with Gasteiger partial charge in [-0.05, 0) is 21.0 Å². The summed E-state index contributed by atoms with van der Waals surface area (Å²) in [4.78, 5) is 19.3. The second kappa shape index (κ2) is 5.48. The van der Waals surface area contributed by atoms with E-state index in [1.54, 1.807) is 6.92 Å². The van der Waals surface area contributed by atoms with E-state index in [4.69, 9.17) is 11.6 Å². The van der Waals surface area contributed by atoms with Crippen molar-refractivity contribution in [3.05, 3.63) is 21.7 Å². The van der Waals surface area contributed by atoms with Crippen molar-refractivity contribution in [2.75, 3.05) is 32.5 Å². The first-order valence-corrected chi connectivity index (χ1v) is 5.54. The summed E-state index contributed by atoms with van der Waals surface area (Å²) in [6.07, 6.45) is 1.26. The van der Waals surface area contributed by atoms with Crippen LogP contribution in [0.15, 0.2) is 11.1 Å². The second-order valence-corrected chi connectivity index (χ2v) is 4.86. The third-order valence-electron chi connectivity index (χ3n) is 2.09. The van der Waals surface area contributed by atoms with Gasteiger partial charge in [0, 0.05) is 13.1 Å². The van der Waals surface area contributed by atoms with Gasteiger partial charge in [0.05, 0.1) is 11.9 Å². The Labute approximate surface area is 105 Å². The molecule has 1 aromatic rings. The number of aromatic amines is 1. The first kappa shape index (κ1) is 14.0. The van der Waals surface area contributed by atoms with Crippen LogP contribution in [-0.4, -0.2) is 52.8 Å². The number of nitrogens with zero attached hydrogens (tertiary/aromatic N) is 2. The molecule has 0 saturated heterocycles. The maximum atomic E-state index is 11.2. The van der Waals surface area contributed by atoms with Gasteiger partial charge in [0.2, 0.25) is 0 Å². The van der Waals surface area contributed by atoms with Crippen LogP contribution in [0.1, 0.15) is 6.92 Å². The lowest BCUT2D eigenvalue weighted by Crippen LogP contribution is -2.43. The average molecular weight is 261 g/mol. The van der Waals surface area contributed by atoms with Crippen LogP contribution in [-0.2, 0) is 0 Å². The van der Waals surface area contributed by atoms with Crippen LogP contribution >= 0.6 is 11.6 Å². The fourth-order valence-electron chi connectivity index (χ4n) is 1.52. The van der Waals surface area contributed by atoms with Gasteiger partial charge in [0.1, 0.15) is 5.02 Å². The largest absolute Gasteiger partial charge is 0.387 e. The van der Waals surface area contributed by atoms with Gasteiger partial charge in [-0.15, -0.1) is 0 Å². The molecule has 1 aromatic heterocycles. The minimum atomic E-state index is -0.933. The number of H-pyrrole nitrogens is 1. The van der Waals surface area contributed by atoms with E-state index < -0.39 is 11.2 Å². The highest BCUT2D eigenvalue weighted by Gasteiger charge is 2.21. The van der Waals surface area contributed by atoms with Gasteiger partial charge in [0.15, 0.2) is 5.82 Å². The fourth-order valence-corrected chi connectivity index (χ4v) is 1.69. The molecule has 0 aliphatic heterocycles. The van der Waals surface area contributed by atoms with Gasteiger partial charge >= 0.3 is 0 Å². The lowest BCUT2D eigenvalue weighted by molar-refractivity contribution is 0.0459.